The van der Waals surface area contributed by atoms with Crippen LogP contribution in [0, 0.1) is 5.92 Å². The molecule has 284 valence electrons. The molecule has 0 amide bonds. The predicted octanol–water partition coefficient (Wildman–Crippen LogP) is 13.5. The maximum Gasteiger partial charge on any atom is 0.247 e. The van der Waals surface area contributed by atoms with Gasteiger partial charge in [-0.2, -0.15) is 0 Å². The zero-order chi connectivity index (χ0) is 39.9. The number of benzene rings is 8. The van der Waals surface area contributed by atoms with Crippen molar-refractivity contribution in [1.82, 2.24) is 0 Å². The molecule has 0 N–H and O–H groups in total. The van der Waals surface area contributed by atoms with Crippen molar-refractivity contribution >= 4 is 68.2 Å². The first-order valence-electron chi connectivity index (χ1n) is 21.0. The fourth-order valence-electron chi connectivity index (χ4n) is 10.1. The standard InChI is InChI=1S/C56H45BS2/c1-55(2,38-20-10-6-11-21-38)40-28-30-48-46(34-40)57-47-35-41(56(3,4)39-22-12-7-13-23-39)29-31-49(47)59-51-33-37(32-50(58-48)54(51)57)53-44-26-16-14-24-42(44)52(36-18-8-5-9-19-36)43-25-15-17-27-45(43)53/h5-22,24-35,39H,23H2,1-4H3/t39-/m0/s1. The summed E-state index contributed by atoms with van der Waals surface area (Å²) < 4.78 is 0. The second-order valence-corrected chi connectivity index (χ2v) is 19.8. The van der Waals surface area contributed by atoms with Crippen LogP contribution in [-0.2, 0) is 10.8 Å². The molecule has 0 radical (unpaired) electrons. The van der Waals surface area contributed by atoms with Gasteiger partial charge in [0.25, 0.3) is 0 Å². The average molecular weight is 793 g/mol. The highest BCUT2D eigenvalue weighted by Crippen LogP contribution is 2.48. The minimum atomic E-state index is -0.140. The molecule has 0 bridgehead atoms. The summed E-state index contributed by atoms with van der Waals surface area (Å²) in [7, 11) is 0. The van der Waals surface area contributed by atoms with Crippen LogP contribution in [0.25, 0.3) is 43.8 Å². The summed E-state index contributed by atoms with van der Waals surface area (Å²) in [5.41, 5.74) is 13.5. The van der Waals surface area contributed by atoms with E-state index < -0.39 is 0 Å². The number of allylic oxidation sites excluding steroid dienone is 4. The fraction of sp³-hybridized carbons (Fsp3) is 0.143. The highest BCUT2D eigenvalue weighted by molar-refractivity contribution is 8.01. The van der Waals surface area contributed by atoms with Crippen molar-refractivity contribution in [3.8, 4) is 22.3 Å². The van der Waals surface area contributed by atoms with E-state index in [1.165, 1.54) is 96.5 Å². The average Bonchev–Trinajstić information content (AvgIpc) is 3.28. The van der Waals surface area contributed by atoms with E-state index in [1.807, 2.05) is 23.5 Å². The third-order valence-electron chi connectivity index (χ3n) is 13.6. The summed E-state index contributed by atoms with van der Waals surface area (Å²) in [5, 5.41) is 5.17. The van der Waals surface area contributed by atoms with Crippen LogP contribution >= 0.6 is 23.5 Å². The van der Waals surface area contributed by atoms with Gasteiger partial charge in [0.05, 0.1) is 0 Å². The molecule has 0 fully saturated rings. The summed E-state index contributed by atoms with van der Waals surface area (Å²) in [6.45, 7) is 9.77. The molecule has 0 nitrogen and oxygen atoms in total. The topological polar surface area (TPSA) is 0 Å². The SMILES string of the molecule is CC(C)(c1ccccc1)c1ccc2c(c1)B1c3cc(C(C)(C)[C@H]4C=CC=CC4)ccc3Sc3cc(-c4c5ccccc5c(-c5ccccc5)c5ccccc45)cc(c31)S2. The molecular weight excluding hydrogens is 748 g/mol. The Hall–Kier alpha value is -5.48. The minimum absolute atomic E-state index is 0.00859. The van der Waals surface area contributed by atoms with Crippen LogP contribution in [0.1, 0.15) is 50.8 Å². The van der Waals surface area contributed by atoms with Crippen LogP contribution in [0.4, 0.5) is 0 Å². The van der Waals surface area contributed by atoms with Gasteiger partial charge in [-0.05, 0) is 108 Å². The summed E-state index contributed by atoms with van der Waals surface area (Å²) in [6, 6.07) is 59.9. The zero-order valence-corrected chi connectivity index (χ0v) is 35.6. The lowest BCUT2D eigenvalue weighted by Crippen LogP contribution is -2.58. The third-order valence-corrected chi connectivity index (χ3v) is 15.9. The van der Waals surface area contributed by atoms with Gasteiger partial charge in [0.15, 0.2) is 0 Å². The Morgan fingerprint density at radius 1 is 0.475 bits per heavy atom. The maximum absolute atomic E-state index is 2.58. The molecule has 3 heteroatoms. The van der Waals surface area contributed by atoms with E-state index in [2.05, 4.69) is 210 Å². The quantitative estimate of drug-likeness (QED) is 0.121. The van der Waals surface area contributed by atoms with Crippen LogP contribution in [0.15, 0.2) is 202 Å². The van der Waals surface area contributed by atoms with Crippen molar-refractivity contribution < 1.29 is 0 Å². The van der Waals surface area contributed by atoms with Crippen molar-refractivity contribution in [2.75, 3.05) is 0 Å². The molecule has 11 rings (SSSR count). The molecule has 0 unspecified atom stereocenters. The lowest BCUT2D eigenvalue weighted by molar-refractivity contribution is 0.382. The Morgan fingerprint density at radius 2 is 0.983 bits per heavy atom. The van der Waals surface area contributed by atoms with Gasteiger partial charge in [0, 0.05) is 25.0 Å². The molecule has 0 saturated carbocycles. The summed E-state index contributed by atoms with van der Waals surface area (Å²) in [5.74, 6) is 0.456. The second-order valence-electron chi connectivity index (χ2n) is 17.6. The van der Waals surface area contributed by atoms with Gasteiger partial charge < -0.3 is 0 Å². The van der Waals surface area contributed by atoms with Gasteiger partial charge >= 0.3 is 0 Å². The van der Waals surface area contributed by atoms with Crippen molar-refractivity contribution in [3.05, 3.63) is 199 Å². The fourth-order valence-corrected chi connectivity index (χ4v) is 12.6. The number of fused-ring (bicyclic) bond motifs is 6. The lowest BCUT2D eigenvalue weighted by Gasteiger charge is -2.37. The lowest BCUT2D eigenvalue weighted by atomic mass is 9.36. The van der Waals surface area contributed by atoms with Crippen molar-refractivity contribution in [2.45, 2.75) is 64.5 Å². The van der Waals surface area contributed by atoms with E-state index in [0.717, 1.165) is 6.42 Å². The molecule has 2 aliphatic heterocycles. The van der Waals surface area contributed by atoms with E-state index in [4.69, 9.17) is 0 Å². The molecule has 8 aromatic rings. The maximum atomic E-state index is 2.58. The number of rotatable bonds is 6. The first kappa shape index (κ1) is 36.6. The summed E-state index contributed by atoms with van der Waals surface area (Å²) in [6.07, 6.45) is 10.2. The molecule has 8 aromatic carbocycles. The summed E-state index contributed by atoms with van der Waals surface area (Å²) >= 11 is 3.93. The zero-order valence-electron chi connectivity index (χ0n) is 34.0. The Kier molecular flexibility index (Phi) is 8.73. The molecule has 59 heavy (non-hydrogen) atoms. The Labute approximate surface area is 357 Å². The van der Waals surface area contributed by atoms with Gasteiger partial charge in [-0.15, -0.1) is 0 Å². The van der Waals surface area contributed by atoms with Crippen LogP contribution in [0.5, 0.6) is 0 Å². The van der Waals surface area contributed by atoms with Gasteiger partial charge in [0.1, 0.15) is 0 Å². The Morgan fingerprint density at radius 3 is 1.54 bits per heavy atom. The van der Waals surface area contributed by atoms with Gasteiger partial charge in [-0.25, -0.2) is 0 Å². The van der Waals surface area contributed by atoms with Crippen LogP contribution in [0.3, 0.4) is 0 Å². The molecule has 1 atom stereocenters. The molecule has 0 saturated heterocycles. The van der Waals surface area contributed by atoms with Crippen molar-refractivity contribution in [1.29, 1.82) is 0 Å². The largest absolute Gasteiger partial charge is 0.247 e. The van der Waals surface area contributed by atoms with Gasteiger partial charge in [-0.1, -0.05) is 220 Å². The molecule has 1 aliphatic carbocycles. The van der Waals surface area contributed by atoms with E-state index in [0.29, 0.717) is 5.92 Å². The second kappa shape index (κ2) is 14.1. The molecule has 2 heterocycles. The number of hydrogen-bond donors (Lipinski definition) is 0. The molecular formula is C56H45BS2. The molecule has 0 spiro atoms. The molecule has 3 aliphatic rings. The van der Waals surface area contributed by atoms with Crippen LogP contribution in [-0.4, -0.2) is 6.71 Å². The van der Waals surface area contributed by atoms with Crippen molar-refractivity contribution in [3.63, 3.8) is 0 Å². The Balaban J connectivity index is 1.13. The monoisotopic (exact) mass is 792 g/mol. The first-order chi connectivity index (χ1) is 28.8. The van der Waals surface area contributed by atoms with Crippen molar-refractivity contribution in [2.24, 2.45) is 5.92 Å². The van der Waals surface area contributed by atoms with E-state index >= 15 is 0 Å². The highest BCUT2D eigenvalue weighted by Gasteiger charge is 2.41. The normalized spacial score (nSPS) is 15.6. The minimum Gasteiger partial charge on any atom is -0.0911 e. The van der Waals surface area contributed by atoms with E-state index in [-0.39, 0.29) is 17.5 Å². The van der Waals surface area contributed by atoms with E-state index in [1.54, 1.807) is 0 Å². The smallest absolute Gasteiger partial charge is 0.0911 e. The van der Waals surface area contributed by atoms with Gasteiger partial charge in [-0.3, -0.25) is 0 Å². The first-order valence-corrected chi connectivity index (χ1v) is 22.6. The predicted molar refractivity (Wildman–Crippen MR) is 256 cm³/mol. The Bertz CT molecular complexity index is 2950. The number of hydrogen-bond acceptors (Lipinski definition) is 2. The summed E-state index contributed by atoms with van der Waals surface area (Å²) in [4.78, 5) is 5.46. The third kappa shape index (κ3) is 5.92. The van der Waals surface area contributed by atoms with E-state index in [9.17, 15) is 0 Å². The highest BCUT2D eigenvalue weighted by atomic mass is 32.2. The molecule has 0 aromatic heterocycles. The van der Waals surface area contributed by atoms with Crippen LogP contribution in [0.2, 0.25) is 0 Å². The van der Waals surface area contributed by atoms with Crippen LogP contribution < -0.4 is 16.4 Å². The van der Waals surface area contributed by atoms with Gasteiger partial charge in [0.2, 0.25) is 6.71 Å².